The zero-order valence-corrected chi connectivity index (χ0v) is 13.4. The second-order valence-electron chi connectivity index (χ2n) is 4.25. The summed E-state index contributed by atoms with van der Waals surface area (Å²) in [5.41, 5.74) is 0.710. The number of carbonyl (C=O) groups excluding carboxylic acids is 1. The van der Waals surface area contributed by atoms with E-state index in [1.54, 1.807) is 30.3 Å². The monoisotopic (exact) mass is 371 g/mol. The second kappa shape index (κ2) is 6.91. The fourth-order valence-corrected chi connectivity index (χ4v) is 2.63. The second-order valence-corrected chi connectivity index (χ2v) is 5.57. The lowest BCUT2D eigenvalue weighted by molar-refractivity contribution is -0.141. The summed E-state index contributed by atoms with van der Waals surface area (Å²) in [6.45, 7) is 0. The lowest BCUT2D eigenvalue weighted by atomic mass is 10.1. The van der Waals surface area contributed by atoms with Crippen molar-refractivity contribution in [3.05, 3.63) is 63.3 Å². The van der Waals surface area contributed by atoms with E-state index in [-0.39, 0.29) is 5.69 Å². The highest BCUT2D eigenvalue weighted by atomic mass is 79.9. The Morgan fingerprint density at radius 1 is 1.33 bits per heavy atom. The van der Waals surface area contributed by atoms with Crippen LogP contribution in [0.1, 0.15) is 11.6 Å². The van der Waals surface area contributed by atoms with E-state index in [4.69, 9.17) is 16.3 Å². The Morgan fingerprint density at radius 2 is 2.05 bits per heavy atom. The molecule has 2 rings (SSSR count). The molecule has 1 N–H and O–H groups in total. The highest BCUT2D eigenvalue weighted by Crippen LogP contribution is 2.30. The van der Waals surface area contributed by atoms with Crippen molar-refractivity contribution < 1.29 is 13.9 Å². The fourth-order valence-electron chi connectivity index (χ4n) is 1.85. The number of anilines is 1. The van der Waals surface area contributed by atoms with Crippen molar-refractivity contribution in [2.75, 3.05) is 12.4 Å². The molecule has 1 unspecified atom stereocenters. The number of benzene rings is 2. The smallest absolute Gasteiger partial charge is 0.333 e. The number of para-hydroxylation sites is 1. The van der Waals surface area contributed by atoms with Crippen LogP contribution in [-0.2, 0) is 9.53 Å². The van der Waals surface area contributed by atoms with Gasteiger partial charge in [0.15, 0.2) is 6.04 Å². The SMILES string of the molecule is COC(=O)C(Nc1ccccc1F)c1ccc(Br)cc1Cl. The maximum atomic E-state index is 13.7. The lowest BCUT2D eigenvalue weighted by Gasteiger charge is -2.19. The van der Waals surface area contributed by atoms with Gasteiger partial charge in [-0.1, -0.05) is 45.7 Å². The summed E-state index contributed by atoms with van der Waals surface area (Å²) in [5, 5.41) is 3.20. The molecule has 110 valence electrons. The third-order valence-electron chi connectivity index (χ3n) is 2.88. The standard InChI is InChI=1S/C15H12BrClFNO2/c1-21-15(20)14(10-7-6-9(16)8-11(10)17)19-13-5-3-2-4-12(13)18/h2-8,14,19H,1H3. The van der Waals surface area contributed by atoms with Crippen molar-refractivity contribution >= 4 is 39.2 Å². The molecule has 0 spiro atoms. The molecule has 3 nitrogen and oxygen atoms in total. The van der Waals surface area contributed by atoms with Gasteiger partial charge in [0.25, 0.3) is 0 Å². The van der Waals surface area contributed by atoms with E-state index in [9.17, 15) is 9.18 Å². The minimum absolute atomic E-state index is 0.201. The molecule has 0 radical (unpaired) electrons. The van der Waals surface area contributed by atoms with Crippen LogP contribution in [0.5, 0.6) is 0 Å². The number of hydrogen-bond acceptors (Lipinski definition) is 3. The average Bonchev–Trinajstić information content (AvgIpc) is 2.46. The summed E-state index contributed by atoms with van der Waals surface area (Å²) in [4.78, 5) is 12.0. The van der Waals surface area contributed by atoms with Crippen molar-refractivity contribution in [2.45, 2.75) is 6.04 Å². The van der Waals surface area contributed by atoms with Gasteiger partial charge in [0, 0.05) is 15.1 Å². The fraction of sp³-hybridized carbons (Fsp3) is 0.133. The van der Waals surface area contributed by atoms with Crippen molar-refractivity contribution in [2.24, 2.45) is 0 Å². The molecule has 0 aliphatic heterocycles. The van der Waals surface area contributed by atoms with Crippen LogP contribution in [0, 0.1) is 5.82 Å². The van der Waals surface area contributed by atoms with Gasteiger partial charge in [-0.25, -0.2) is 9.18 Å². The average molecular weight is 373 g/mol. The summed E-state index contributed by atoms with van der Waals surface area (Å²) in [6, 6.07) is 10.3. The molecule has 0 aliphatic rings. The number of halogens is 3. The van der Waals surface area contributed by atoms with Gasteiger partial charge in [-0.15, -0.1) is 0 Å². The molecule has 0 amide bonds. The van der Waals surface area contributed by atoms with E-state index in [0.717, 1.165) is 4.47 Å². The van der Waals surface area contributed by atoms with Crippen LogP contribution in [0.25, 0.3) is 0 Å². The molecule has 0 aromatic heterocycles. The molecule has 0 saturated heterocycles. The van der Waals surface area contributed by atoms with Crippen LogP contribution in [0.4, 0.5) is 10.1 Å². The number of hydrogen-bond donors (Lipinski definition) is 1. The predicted octanol–water partition coefficient (Wildman–Crippen LogP) is 4.57. The summed E-state index contributed by atoms with van der Waals surface area (Å²) in [7, 11) is 1.27. The van der Waals surface area contributed by atoms with Crippen LogP contribution < -0.4 is 5.32 Å². The third kappa shape index (κ3) is 3.74. The van der Waals surface area contributed by atoms with Crippen molar-refractivity contribution in [3.8, 4) is 0 Å². The molecular weight excluding hydrogens is 361 g/mol. The van der Waals surface area contributed by atoms with Crippen LogP contribution in [0.3, 0.4) is 0 Å². The molecule has 0 fully saturated rings. The molecule has 0 aliphatic carbocycles. The van der Waals surface area contributed by atoms with E-state index in [0.29, 0.717) is 10.6 Å². The Labute approximate surface area is 135 Å². The largest absolute Gasteiger partial charge is 0.467 e. The minimum Gasteiger partial charge on any atom is -0.467 e. The topological polar surface area (TPSA) is 38.3 Å². The lowest BCUT2D eigenvalue weighted by Crippen LogP contribution is -2.23. The van der Waals surface area contributed by atoms with Gasteiger partial charge in [0.1, 0.15) is 5.82 Å². The minimum atomic E-state index is -0.896. The molecule has 2 aromatic carbocycles. The zero-order valence-electron chi connectivity index (χ0n) is 11.1. The first-order valence-corrected chi connectivity index (χ1v) is 7.24. The number of nitrogens with one attached hydrogen (secondary N) is 1. The van der Waals surface area contributed by atoms with E-state index in [1.807, 2.05) is 0 Å². The van der Waals surface area contributed by atoms with E-state index < -0.39 is 17.8 Å². The normalized spacial score (nSPS) is 11.8. The van der Waals surface area contributed by atoms with Crippen LogP contribution >= 0.6 is 27.5 Å². The molecular formula is C15H12BrClFNO2. The predicted molar refractivity (Wildman–Crippen MR) is 83.9 cm³/mol. The Bertz CT molecular complexity index is 666. The van der Waals surface area contributed by atoms with Gasteiger partial charge < -0.3 is 10.1 Å². The third-order valence-corrected chi connectivity index (χ3v) is 3.70. The van der Waals surface area contributed by atoms with Gasteiger partial charge in [-0.05, 0) is 24.3 Å². The first-order valence-electron chi connectivity index (χ1n) is 6.06. The number of rotatable bonds is 4. The maximum absolute atomic E-state index is 13.7. The van der Waals surface area contributed by atoms with Crippen LogP contribution in [0.15, 0.2) is 46.9 Å². The molecule has 1 atom stereocenters. The first kappa shape index (κ1) is 15.8. The van der Waals surface area contributed by atoms with Crippen molar-refractivity contribution in [3.63, 3.8) is 0 Å². The molecule has 0 heterocycles. The van der Waals surface area contributed by atoms with Gasteiger partial charge in [-0.3, -0.25) is 0 Å². The summed E-state index contributed by atoms with van der Waals surface area (Å²) < 4.78 is 19.3. The van der Waals surface area contributed by atoms with Gasteiger partial charge >= 0.3 is 5.97 Å². The van der Waals surface area contributed by atoms with Crippen LogP contribution in [0.2, 0.25) is 5.02 Å². The van der Waals surface area contributed by atoms with E-state index >= 15 is 0 Å². The Balaban J connectivity index is 2.40. The Hall–Kier alpha value is -1.59. The summed E-state index contributed by atoms with van der Waals surface area (Å²) >= 11 is 9.46. The van der Waals surface area contributed by atoms with Crippen molar-refractivity contribution in [1.82, 2.24) is 0 Å². The first-order chi connectivity index (χ1) is 10.0. The van der Waals surface area contributed by atoms with E-state index in [2.05, 4.69) is 21.2 Å². The quantitative estimate of drug-likeness (QED) is 0.799. The van der Waals surface area contributed by atoms with Gasteiger partial charge in [0.05, 0.1) is 12.8 Å². The molecule has 0 saturated carbocycles. The Morgan fingerprint density at radius 3 is 2.67 bits per heavy atom. The number of methoxy groups -OCH3 is 1. The molecule has 21 heavy (non-hydrogen) atoms. The summed E-state index contributed by atoms with van der Waals surface area (Å²) in [6.07, 6.45) is 0. The van der Waals surface area contributed by atoms with Crippen LogP contribution in [-0.4, -0.2) is 13.1 Å². The molecule has 2 aromatic rings. The number of ether oxygens (including phenoxy) is 1. The molecule has 0 bridgehead atoms. The Kier molecular flexibility index (Phi) is 5.20. The summed E-state index contributed by atoms with van der Waals surface area (Å²) in [5.74, 6) is -1.01. The zero-order chi connectivity index (χ0) is 15.4. The van der Waals surface area contributed by atoms with Gasteiger partial charge in [-0.2, -0.15) is 0 Å². The maximum Gasteiger partial charge on any atom is 0.333 e. The van der Waals surface area contributed by atoms with Crippen molar-refractivity contribution in [1.29, 1.82) is 0 Å². The highest BCUT2D eigenvalue weighted by molar-refractivity contribution is 9.10. The molecule has 6 heteroatoms. The number of carbonyl (C=O) groups is 1. The van der Waals surface area contributed by atoms with E-state index in [1.165, 1.54) is 19.2 Å². The number of esters is 1. The highest BCUT2D eigenvalue weighted by Gasteiger charge is 2.24. The van der Waals surface area contributed by atoms with Gasteiger partial charge in [0.2, 0.25) is 0 Å².